The van der Waals surface area contributed by atoms with E-state index in [9.17, 15) is 8.42 Å². The quantitative estimate of drug-likeness (QED) is 0.774. The lowest BCUT2D eigenvalue weighted by atomic mass is 9.85. The normalized spacial score (nSPS) is 26.1. The Morgan fingerprint density at radius 2 is 1.88 bits per heavy atom. The minimum Gasteiger partial charge on any atom is -0.392 e. The van der Waals surface area contributed by atoms with Gasteiger partial charge in [0.25, 0.3) is 0 Å². The Hall–Kier alpha value is -0.200. The van der Waals surface area contributed by atoms with E-state index in [0.717, 1.165) is 31.6 Å². The van der Waals surface area contributed by atoms with Crippen molar-refractivity contribution in [2.75, 3.05) is 12.8 Å². The maximum absolute atomic E-state index is 11.9. The predicted molar refractivity (Wildman–Crippen MR) is 74.4 cm³/mol. The molecule has 1 fully saturated rings. The number of sulfonamides is 1. The van der Waals surface area contributed by atoms with Crippen LogP contribution in [-0.4, -0.2) is 36.6 Å². The van der Waals surface area contributed by atoms with E-state index < -0.39 is 10.0 Å². The highest BCUT2D eigenvalue weighted by molar-refractivity contribution is 7.92. The number of nitrogens with two attached hydrogens (primary N) is 1. The molecule has 0 bridgehead atoms. The lowest BCUT2D eigenvalue weighted by Crippen LogP contribution is -2.42. The van der Waals surface area contributed by atoms with Crippen LogP contribution in [-0.2, 0) is 10.0 Å². The molecular formula is C11H22N2O2S2. The van der Waals surface area contributed by atoms with Crippen LogP contribution in [0.1, 0.15) is 39.0 Å². The van der Waals surface area contributed by atoms with Crippen LogP contribution in [0.2, 0.25) is 0 Å². The van der Waals surface area contributed by atoms with Crippen LogP contribution >= 0.6 is 12.2 Å². The average molecular weight is 278 g/mol. The molecule has 0 aliphatic heterocycles. The number of thiocarbonyl (C=S) groups is 1. The fraction of sp³-hybridized carbons (Fsp3) is 0.909. The van der Waals surface area contributed by atoms with Gasteiger partial charge < -0.3 is 5.73 Å². The second kappa shape index (κ2) is 6.11. The van der Waals surface area contributed by atoms with E-state index in [1.54, 1.807) is 7.05 Å². The summed E-state index contributed by atoms with van der Waals surface area (Å²) in [5.41, 5.74) is 5.32. The van der Waals surface area contributed by atoms with Crippen molar-refractivity contribution in [3.8, 4) is 0 Å². The van der Waals surface area contributed by atoms with Crippen LogP contribution in [0.3, 0.4) is 0 Å². The SMILES string of the molecule is CCC1CCC(N(C)S(=O)(=O)CC(N)=S)CC1. The van der Waals surface area contributed by atoms with Crippen LogP contribution in [0, 0.1) is 5.92 Å². The van der Waals surface area contributed by atoms with Gasteiger partial charge in [0.2, 0.25) is 10.0 Å². The van der Waals surface area contributed by atoms with Crippen molar-refractivity contribution in [3.63, 3.8) is 0 Å². The third kappa shape index (κ3) is 4.19. The summed E-state index contributed by atoms with van der Waals surface area (Å²) in [6, 6.07) is 0.122. The molecule has 1 saturated carbocycles. The molecular weight excluding hydrogens is 256 g/mol. The van der Waals surface area contributed by atoms with E-state index in [4.69, 9.17) is 5.73 Å². The Morgan fingerprint density at radius 3 is 2.29 bits per heavy atom. The molecule has 0 atom stereocenters. The summed E-state index contributed by atoms with van der Waals surface area (Å²) in [4.78, 5) is 0.0408. The van der Waals surface area contributed by atoms with Gasteiger partial charge in [0.05, 0.1) is 4.99 Å². The molecule has 17 heavy (non-hydrogen) atoms. The van der Waals surface area contributed by atoms with Crippen molar-refractivity contribution in [2.45, 2.75) is 45.1 Å². The molecule has 0 aromatic heterocycles. The average Bonchev–Trinajstić information content (AvgIpc) is 2.26. The molecule has 0 aromatic rings. The van der Waals surface area contributed by atoms with Gasteiger partial charge in [-0.25, -0.2) is 12.7 Å². The number of nitrogens with zero attached hydrogens (tertiary/aromatic N) is 1. The van der Waals surface area contributed by atoms with Gasteiger partial charge in [0, 0.05) is 13.1 Å². The smallest absolute Gasteiger partial charge is 0.220 e. The fourth-order valence-electron chi connectivity index (χ4n) is 2.43. The first kappa shape index (κ1) is 14.9. The lowest BCUT2D eigenvalue weighted by Gasteiger charge is -2.33. The van der Waals surface area contributed by atoms with E-state index in [1.165, 1.54) is 10.7 Å². The first-order chi connectivity index (χ1) is 7.86. The van der Waals surface area contributed by atoms with Crippen LogP contribution in [0.4, 0.5) is 0 Å². The molecule has 1 rings (SSSR count). The lowest BCUT2D eigenvalue weighted by molar-refractivity contribution is 0.233. The van der Waals surface area contributed by atoms with Gasteiger partial charge in [-0.15, -0.1) is 0 Å². The van der Waals surface area contributed by atoms with Gasteiger partial charge in [-0.3, -0.25) is 0 Å². The zero-order chi connectivity index (χ0) is 13.1. The summed E-state index contributed by atoms with van der Waals surface area (Å²) >= 11 is 4.67. The zero-order valence-electron chi connectivity index (χ0n) is 10.6. The molecule has 6 heteroatoms. The van der Waals surface area contributed by atoms with Gasteiger partial charge in [0.15, 0.2) is 0 Å². The standard InChI is InChI=1S/C11H22N2O2S2/c1-3-9-4-6-10(7-5-9)13(2)17(14,15)8-11(12)16/h9-10H,3-8H2,1-2H3,(H2,12,16). The van der Waals surface area contributed by atoms with Gasteiger partial charge in [-0.2, -0.15) is 0 Å². The zero-order valence-corrected chi connectivity index (χ0v) is 12.2. The molecule has 0 amide bonds. The van der Waals surface area contributed by atoms with Crippen molar-refractivity contribution in [1.29, 1.82) is 0 Å². The van der Waals surface area contributed by atoms with E-state index >= 15 is 0 Å². The Labute approximate surface area is 110 Å². The molecule has 0 unspecified atom stereocenters. The van der Waals surface area contributed by atoms with Gasteiger partial charge in [0.1, 0.15) is 5.75 Å². The van der Waals surface area contributed by atoms with E-state index in [-0.39, 0.29) is 16.8 Å². The molecule has 1 aliphatic rings. The third-order valence-electron chi connectivity index (χ3n) is 3.67. The summed E-state index contributed by atoms with van der Waals surface area (Å²) in [6.45, 7) is 2.19. The summed E-state index contributed by atoms with van der Waals surface area (Å²) in [5.74, 6) is 0.546. The number of rotatable bonds is 5. The summed E-state index contributed by atoms with van der Waals surface area (Å²) in [5, 5.41) is 0. The maximum atomic E-state index is 11.9. The van der Waals surface area contributed by atoms with E-state index in [0.29, 0.717) is 0 Å². The highest BCUT2D eigenvalue weighted by Crippen LogP contribution is 2.29. The molecule has 2 N–H and O–H groups in total. The third-order valence-corrected chi connectivity index (χ3v) is 5.85. The Morgan fingerprint density at radius 1 is 1.35 bits per heavy atom. The second-order valence-corrected chi connectivity index (χ2v) is 7.37. The van der Waals surface area contributed by atoms with Crippen LogP contribution in [0.15, 0.2) is 0 Å². The van der Waals surface area contributed by atoms with Crippen molar-refractivity contribution in [3.05, 3.63) is 0 Å². The van der Waals surface area contributed by atoms with Gasteiger partial charge in [-0.05, 0) is 31.6 Å². The van der Waals surface area contributed by atoms with Crippen molar-refractivity contribution in [1.82, 2.24) is 4.31 Å². The van der Waals surface area contributed by atoms with Crippen LogP contribution in [0.5, 0.6) is 0 Å². The number of hydrogen-bond acceptors (Lipinski definition) is 3. The molecule has 100 valence electrons. The van der Waals surface area contributed by atoms with Crippen LogP contribution < -0.4 is 5.73 Å². The molecule has 0 radical (unpaired) electrons. The fourth-order valence-corrected chi connectivity index (χ4v) is 4.10. The predicted octanol–water partition coefficient (Wildman–Crippen LogP) is 1.50. The van der Waals surface area contributed by atoms with Crippen molar-refractivity contribution in [2.24, 2.45) is 11.7 Å². The van der Waals surface area contributed by atoms with Gasteiger partial charge >= 0.3 is 0 Å². The van der Waals surface area contributed by atoms with Crippen molar-refractivity contribution >= 4 is 27.2 Å². The summed E-state index contributed by atoms with van der Waals surface area (Å²) < 4.78 is 25.4. The molecule has 4 nitrogen and oxygen atoms in total. The summed E-state index contributed by atoms with van der Waals surface area (Å²) in [7, 11) is -1.67. The Bertz CT molecular complexity index is 360. The molecule has 0 aromatic carbocycles. The largest absolute Gasteiger partial charge is 0.392 e. The highest BCUT2D eigenvalue weighted by Gasteiger charge is 2.30. The van der Waals surface area contributed by atoms with E-state index in [2.05, 4.69) is 19.1 Å². The number of hydrogen-bond donors (Lipinski definition) is 1. The summed E-state index contributed by atoms with van der Waals surface area (Å²) in [6.07, 6.45) is 5.33. The highest BCUT2D eigenvalue weighted by atomic mass is 32.2. The van der Waals surface area contributed by atoms with Gasteiger partial charge in [-0.1, -0.05) is 25.6 Å². The second-order valence-electron chi connectivity index (χ2n) is 4.82. The minimum absolute atomic E-state index is 0.0408. The van der Waals surface area contributed by atoms with E-state index in [1.807, 2.05) is 0 Å². The molecule has 1 aliphatic carbocycles. The maximum Gasteiger partial charge on any atom is 0.220 e. The minimum atomic E-state index is -3.32. The monoisotopic (exact) mass is 278 g/mol. The molecule has 0 heterocycles. The van der Waals surface area contributed by atoms with Crippen LogP contribution in [0.25, 0.3) is 0 Å². The first-order valence-corrected chi connectivity index (χ1v) is 8.12. The van der Waals surface area contributed by atoms with Crippen molar-refractivity contribution < 1.29 is 8.42 Å². The molecule has 0 saturated heterocycles. The Balaban J connectivity index is 2.59. The topological polar surface area (TPSA) is 63.4 Å². The molecule has 0 spiro atoms. The first-order valence-electron chi connectivity index (χ1n) is 6.10. The Kier molecular flexibility index (Phi) is 5.34.